The van der Waals surface area contributed by atoms with Gasteiger partial charge in [-0.25, -0.2) is 9.59 Å². The second-order valence-corrected chi connectivity index (χ2v) is 8.60. The Hall–Kier alpha value is -3.65. The number of ether oxygens (including phenoxy) is 2. The Morgan fingerprint density at radius 3 is 2.05 bits per heavy atom. The van der Waals surface area contributed by atoms with Crippen molar-refractivity contribution in [2.45, 2.75) is 58.0 Å². The Bertz CT molecular complexity index is 1130. The van der Waals surface area contributed by atoms with Gasteiger partial charge in [-0.3, -0.25) is 14.9 Å². The molecule has 0 saturated heterocycles. The number of aliphatic hydroxyl groups is 4. The lowest BCUT2D eigenvalue weighted by Crippen LogP contribution is -2.48. The largest absolute Gasteiger partial charge is 0.460 e. The number of rotatable bonds is 11. The SMILES string of the molecule is CC1=C(C(=O)OC(C)C)C(c2ccccc2[N+](=O)[O-])C(C(=O)O[C@H](C(=O)CO)[C@H](O)[C@H](O)CO)=C(C)N1. The van der Waals surface area contributed by atoms with Gasteiger partial charge in [0.15, 0.2) is 6.10 Å². The highest BCUT2D eigenvalue weighted by atomic mass is 16.6. The van der Waals surface area contributed by atoms with Crippen LogP contribution in [0.5, 0.6) is 0 Å². The molecule has 0 saturated carbocycles. The van der Waals surface area contributed by atoms with Crippen molar-refractivity contribution in [1.82, 2.24) is 5.32 Å². The maximum atomic E-state index is 13.5. The molecule has 0 bridgehead atoms. The summed E-state index contributed by atoms with van der Waals surface area (Å²) < 4.78 is 10.5. The second-order valence-electron chi connectivity index (χ2n) is 8.60. The molecule has 1 aromatic rings. The van der Waals surface area contributed by atoms with Gasteiger partial charge < -0.3 is 35.2 Å². The number of nitro benzene ring substituents is 1. The fourth-order valence-corrected chi connectivity index (χ4v) is 3.93. The summed E-state index contributed by atoms with van der Waals surface area (Å²) in [6, 6.07) is 5.42. The van der Waals surface area contributed by atoms with Crippen LogP contribution in [-0.4, -0.2) is 80.7 Å². The summed E-state index contributed by atoms with van der Waals surface area (Å²) in [5.41, 5.74) is -0.510. The van der Waals surface area contributed by atoms with Crippen LogP contribution in [0.15, 0.2) is 46.8 Å². The standard InChI is InChI=1S/C24H30N2O11/c1-11(2)36-23(32)18-12(3)25-13(4)19(20(18)14-7-5-6-8-15(14)26(34)35)24(33)37-22(17(30)10-28)21(31)16(29)9-27/h5-8,11,16,20-22,25,27-29,31H,9-10H2,1-4H3/t16-,20?,21-,22-/m1/s1. The van der Waals surface area contributed by atoms with Gasteiger partial charge in [0.25, 0.3) is 5.69 Å². The number of dihydropyridines is 1. The number of para-hydroxylation sites is 1. The quantitative estimate of drug-likeness (QED) is 0.148. The zero-order chi connectivity index (χ0) is 28.0. The topological polar surface area (TPSA) is 206 Å². The number of hydrogen-bond donors (Lipinski definition) is 5. The van der Waals surface area contributed by atoms with Crippen molar-refractivity contribution in [2.24, 2.45) is 0 Å². The van der Waals surface area contributed by atoms with Gasteiger partial charge in [-0.05, 0) is 27.7 Å². The molecule has 0 amide bonds. The number of carbonyl (C=O) groups is 3. The van der Waals surface area contributed by atoms with E-state index in [0.29, 0.717) is 0 Å². The average Bonchev–Trinajstić information content (AvgIpc) is 2.84. The van der Waals surface area contributed by atoms with Crippen LogP contribution in [0, 0.1) is 10.1 Å². The highest BCUT2D eigenvalue weighted by Crippen LogP contribution is 2.42. The number of nitrogens with zero attached hydrogens (tertiary/aromatic N) is 1. The van der Waals surface area contributed by atoms with E-state index in [4.69, 9.17) is 14.6 Å². The Kier molecular flexibility index (Phi) is 10.0. The molecule has 13 nitrogen and oxygen atoms in total. The Morgan fingerprint density at radius 2 is 1.57 bits per heavy atom. The number of Topliss-reactive ketones (excluding diaryl/α,β-unsaturated/α-hetero) is 1. The van der Waals surface area contributed by atoms with Gasteiger partial charge in [-0.1, -0.05) is 18.2 Å². The Balaban J connectivity index is 2.71. The fraction of sp³-hybridized carbons (Fsp3) is 0.458. The van der Waals surface area contributed by atoms with Gasteiger partial charge in [0.2, 0.25) is 5.78 Å². The molecule has 1 heterocycles. The molecule has 202 valence electrons. The number of aliphatic hydroxyl groups excluding tert-OH is 4. The molecule has 0 radical (unpaired) electrons. The summed E-state index contributed by atoms with van der Waals surface area (Å²) in [6.07, 6.45) is -6.65. The van der Waals surface area contributed by atoms with Crippen molar-refractivity contribution < 1.29 is 49.2 Å². The molecule has 1 aromatic carbocycles. The minimum Gasteiger partial charge on any atom is -0.460 e. The van der Waals surface area contributed by atoms with Crippen LogP contribution < -0.4 is 5.32 Å². The van der Waals surface area contributed by atoms with Crippen molar-refractivity contribution in [3.8, 4) is 0 Å². The molecule has 0 aromatic heterocycles. The molecule has 2 rings (SSSR count). The van der Waals surface area contributed by atoms with E-state index in [9.17, 15) is 39.8 Å². The number of esters is 2. The van der Waals surface area contributed by atoms with E-state index in [0.717, 1.165) is 0 Å². The minimum atomic E-state index is -2.10. The van der Waals surface area contributed by atoms with E-state index in [1.807, 2.05) is 0 Å². The molecule has 5 N–H and O–H groups in total. The predicted molar refractivity (Wildman–Crippen MR) is 127 cm³/mol. The maximum absolute atomic E-state index is 13.5. The second kappa shape index (κ2) is 12.5. The van der Waals surface area contributed by atoms with Crippen molar-refractivity contribution in [2.75, 3.05) is 13.2 Å². The third kappa shape index (κ3) is 6.57. The van der Waals surface area contributed by atoms with Crippen molar-refractivity contribution in [3.05, 3.63) is 62.5 Å². The zero-order valence-electron chi connectivity index (χ0n) is 20.7. The first kappa shape index (κ1) is 29.6. The van der Waals surface area contributed by atoms with E-state index >= 15 is 0 Å². The lowest BCUT2D eigenvalue weighted by molar-refractivity contribution is -0.385. The maximum Gasteiger partial charge on any atom is 0.337 e. The van der Waals surface area contributed by atoms with Gasteiger partial charge in [-0.15, -0.1) is 0 Å². The van der Waals surface area contributed by atoms with Gasteiger partial charge in [0.05, 0.1) is 34.7 Å². The summed E-state index contributed by atoms with van der Waals surface area (Å²) in [5.74, 6) is -4.69. The number of benzene rings is 1. The minimum absolute atomic E-state index is 0.0451. The summed E-state index contributed by atoms with van der Waals surface area (Å²) in [7, 11) is 0. The Labute approximate surface area is 212 Å². The fourth-order valence-electron chi connectivity index (χ4n) is 3.93. The van der Waals surface area contributed by atoms with Crippen LogP contribution >= 0.6 is 0 Å². The summed E-state index contributed by atoms with van der Waals surface area (Å²) >= 11 is 0. The molecule has 37 heavy (non-hydrogen) atoms. The summed E-state index contributed by atoms with van der Waals surface area (Å²) in [6.45, 7) is 4.00. The lowest BCUT2D eigenvalue weighted by atomic mass is 9.79. The molecule has 1 aliphatic heterocycles. The average molecular weight is 523 g/mol. The normalized spacial score (nSPS) is 18.1. The van der Waals surface area contributed by atoms with E-state index in [1.54, 1.807) is 13.8 Å². The molecule has 1 aliphatic rings. The third-order valence-electron chi connectivity index (χ3n) is 5.59. The number of ketones is 1. The summed E-state index contributed by atoms with van der Waals surface area (Å²) in [5, 5.41) is 53.1. The molecular weight excluding hydrogens is 492 g/mol. The van der Waals surface area contributed by atoms with Crippen LogP contribution in [0.1, 0.15) is 39.2 Å². The van der Waals surface area contributed by atoms with E-state index < -0.39 is 71.9 Å². The smallest absolute Gasteiger partial charge is 0.337 e. The number of nitrogens with one attached hydrogen (secondary N) is 1. The number of nitro groups is 1. The van der Waals surface area contributed by atoms with E-state index in [2.05, 4.69) is 5.32 Å². The van der Waals surface area contributed by atoms with Crippen LogP contribution in [0.25, 0.3) is 0 Å². The van der Waals surface area contributed by atoms with Gasteiger partial charge >= 0.3 is 11.9 Å². The first-order chi connectivity index (χ1) is 17.3. The van der Waals surface area contributed by atoms with Crippen LogP contribution in [-0.2, 0) is 23.9 Å². The highest BCUT2D eigenvalue weighted by molar-refractivity contribution is 6.01. The molecule has 1 unspecified atom stereocenters. The van der Waals surface area contributed by atoms with Crippen LogP contribution in [0.4, 0.5) is 5.69 Å². The molecule has 4 atom stereocenters. The lowest BCUT2D eigenvalue weighted by Gasteiger charge is -2.32. The van der Waals surface area contributed by atoms with E-state index in [1.165, 1.54) is 38.1 Å². The molecule has 0 fully saturated rings. The van der Waals surface area contributed by atoms with Crippen LogP contribution in [0.2, 0.25) is 0 Å². The van der Waals surface area contributed by atoms with Crippen molar-refractivity contribution in [1.29, 1.82) is 0 Å². The van der Waals surface area contributed by atoms with E-state index in [-0.39, 0.29) is 28.1 Å². The number of hydrogen-bond acceptors (Lipinski definition) is 12. The van der Waals surface area contributed by atoms with Crippen LogP contribution in [0.3, 0.4) is 0 Å². The van der Waals surface area contributed by atoms with Crippen molar-refractivity contribution in [3.63, 3.8) is 0 Å². The number of carbonyl (C=O) groups excluding carboxylic acids is 3. The number of allylic oxidation sites excluding steroid dienone is 2. The summed E-state index contributed by atoms with van der Waals surface area (Å²) in [4.78, 5) is 50.0. The van der Waals surface area contributed by atoms with Crippen molar-refractivity contribution >= 4 is 23.4 Å². The Morgan fingerprint density at radius 1 is 1.03 bits per heavy atom. The molecule has 0 aliphatic carbocycles. The van der Waals surface area contributed by atoms with Gasteiger partial charge in [-0.2, -0.15) is 0 Å². The molecular formula is C24H30N2O11. The predicted octanol–water partition coefficient (Wildman–Crippen LogP) is -0.0315. The monoisotopic (exact) mass is 522 g/mol. The molecule has 13 heteroatoms. The highest BCUT2D eigenvalue weighted by Gasteiger charge is 2.43. The van der Waals surface area contributed by atoms with Gasteiger partial charge in [0.1, 0.15) is 18.8 Å². The first-order valence-electron chi connectivity index (χ1n) is 11.3. The third-order valence-corrected chi connectivity index (χ3v) is 5.59. The first-order valence-corrected chi connectivity index (χ1v) is 11.3. The van der Waals surface area contributed by atoms with Gasteiger partial charge in [0, 0.05) is 23.0 Å². The molecule has 0 spiro atoms. The zero-order valence-corrected chi connectivity index (χ0v) is 20.7.